The zero-order valence-corrected chi connectivity index (χ0v) is 18.8. The van der Waals surface area contributed by atoms with Crippen LogP contribution in [0.4, 0.5) is 0 Å². The topological polar surface area (TPSA) is 38.8 Å². The fourth-order valence-corrected chi connectivity index (χ4v) is 3.65. The van der Waals surface area contributed by atoms with Gasteiger partial charge in [0, 0.05) is 6.42 Å². The van der Waals surface area contributed by atoms with Crippen LogP contribution in [-0.2, 0) is 14.3 Å². The van der Waals surface area contributed by atoms with E-state index in [0.717, 1.165) is 18.6 Å². The first-order chi connectivity index (χ1) is 13.6. The third kappa shape index (κ3) is 13.2. The third-order valence-corrected chi connectivity index (χ3v) is 5.34. The van der Waals surface area contributed by atoms with E-state index >= 15 is 0 Å². The highest BCUT2D eigenvalue weighted by Crippen LogP contribution is 2.18. The maximum absolute atomic E-state index is 12.1. The third-order valence-electron chi connectivity index (χ3n) is 5.34. The van der Waals surface area contributed by atoms with E-state index in [4.69, 9.17) is 9.47 Å². The highest BCUT2D eigenvalue weighted by Gasteiger charge is 2.26. The largest absolute Gasteiger partial charge is 0.452 e. The van der Waals surface area contributed by atoms with Crippen LogP contribution in [0, 0.1) is 0 Å². The van der Waals surface area contributed by atoms with Gasteiger partial charge in [-0.05, 0) is 20.5 Å². The normalized spacial score (nSPS) is 16.1. The van der Waals surface area contributed by atoms with Crippen LogP contribution in [0.5, 0.6) is 0 Å². The number of rotatable bonds is 19. The number of likely N-dealkylation sites (N-methyl/N-ethyl adjacent to an activating group) is 1. The van der Waals surface area contributed by atoms with Crippen LogP contribution in [0.2, 0.25) is 0 Å². The molecule has 0 radical (unpaired) electrons. The van der Waals surface area contributed by atoms with Gasteiger partial charge in [0.1, 0.15) is 12.0 Å². The van der Waals surface area contributed by atoms with Crippen LogP contribution < -0.4 is 0 Å². The molecule has 4 nitrogen and oxygen atoms in total. The zero-order valence-electron chi connectivity index (χ0n) is 18.8. The van der Waals surface area contributed by atoms with Crippen LogP contribution in [0.15, 0.2) is 12.0 Å². The van der Waals surface area contributed by atoms with E-state index in [0.29, 0.717) is 13.0 Å². The maximum atomic E-state index is 12.1. The van der Waals surface area contributed by atoms with Crippen molar-refractivity contribution in [2.75, 3.05) is 20.6 Å². The molecule has 0 aliphatic carbocycles. The first-order valence-corrected chi connectivity index (χ1v) is 11.8. The minimum absolute atomic E-state index is 0.0692. The molecule has 0 aromatic rings. The molecule has 1 unspecified atom stereocenters. The Kier molecular flexibility index (Phi) is 15.1. The molecule has 0 saturated carbocycles. The minimum atomic E-state index is -0.707. The molecule has 1 atom stereocenters. The number of carbonyl (C=O) groups is 1. The lowest BCUT2D eigenvalue weighted by Crippen LogP contribution is -2.23. The van der Waals surface area contributed by atoms with E-state index in [9.17, 15) is 4.79 Å². The highest BCUT2D eigenvalue weighted by molar-refractivity contribution is 5.82. The average molecular weight is 396 g/mol. The van der Waals surface area contributed by atoms with Gasteiger partial charge < -0.3 is 14.4 Å². The Morgan fingerprint density at radius 3 is 1.75 bits per heavy atom. The number of unbranched alkanes of at least 4 members (excludes halogenated alkanes) is 14. The smallest absolute Gasteiger partial charge is 0.299 e. The van der Waals surface area contributed by atoms with E-state index < -0.39 is 6.29 Å². The summed E-state index contributed by atoms with van der Waals surface area (Å²) in [6.07, 6.45) is 21.5. The van der Waals surface area contributed by atoms with Gasteiger partial charge in [-0.1, -0.05) is 96.8 Å². The SMILES string of the molecule is CCCCCCCCCCCCCCCCCC(=O)C1OC=C(CN(C)C)O1. The number of carbonyl (C=O) groups excluding carboxylic acids is 1. The van der Waals surface area contributed by atoms with Gasteiger partial charge >= 0.3 is 0 Å². The summed E-state index contributed by atoms with van der Waals surface area (Å²) in [4.78, 5) is 14.1. The summed E-state index contributed by atoms with van der Waals surface area (Å²) >= 11 is 0. The van der Waals surface area contributed by atoms with Crippen LogP contribution in [-0.4, -0.2) is 37.6 Å². The van der Waals surface area contributed by atoms with E-state index in [-0.39, 0.29) is 5.78 Å². The summed E-state index contributed by atoms with van der Waals surface area (Å²) in [6, 6.07) is 0. The summed E-state index contributed by atoms with van der Waals surface area (Å²) < 4.78 is 10.9. The van der Waals surface area contributed by atoms with Gasteiger partial charge in [0.25, 0.3) is 6.29 Å². The number of ketones is 1. The van der Waals surface area contributed by atoms with Crippen molar-refractivity contribution in [1.29, 1.82) is 0 Å². The monoisotopic (exact) mass is 395 g/mol. The summed E-state index contributed by atoms with van der Waals surface area (Å²) in [5, 5.41) is 0. The minimum Gasteiger partial charge on any atom is -0.452 e. The maximum Gasteiger partial charge on any atom is 0.299 e. The Morgan fingerprint density at radius 2 is 1.29 bits per heavy atom. The van der Waals surface area contributed by atoms with E-state index in [2.05, 4.69) is 6.92 Å². The molecule has 28 heavy (non-hydrogen) atoms. The molecule has 0 spiro atoms. The zero-order chi connectivity index (χ0) is 20.5. The fraction of sp³-hybridized carbons (Fsp3) is 0.875. The van der Waals surface area contributed by atoms with Crippen LogP contribution >= 0.6 is 0 Å². The fourth-order valence-electron chi connectivity index (χ4n) is 3.65. The lowest BCUT2D eigenvalue weighted by molar-refractivity contribution is -0.143. The molecule has 1 heterocycles. The number of ether oxygens (including phenoxy) is 2. The first-order valence-electron chi connectivity index (χ1n) is 11.8. The van der Waals surface area contributed by atoms with Crippen molar-refractivity contribution in [3.8, 4) is 0 Å². The van der Waals surface area contributed by atoms with Crippen molar-refractivity contribution in [1.82, 2.24) is 4.90 Å². The second kappa shape index (κ2) is 16.9. The molecular weight excluding hydrogens is 350 g/mol. The predicted molar refractivity (Wildman–Crippen MR) is 117 cm³/mol. The molecule has 0 fully saturated rings. The van der Waals surface area contributed by atoms with Crippen molar-refractivity contribution in [2.24, 2.45) is 0 Å². The van der Waals surface area contributed by atoms with Crippen molar-refractivity contribution < 1.29 is 14.3 Å². The lowest BCUT2D eigenvalue weighted by atomic mass is 10.0. The Morgan fingerprint density at radius 1 is 0.821 bits per heavy atom. The summed E-state index contributed by atoms with van der Waals surface area (Å²) in [7, 11) is 3.93. The summed E-state index contributed by atoms with van der Waals surface area (Å²) in [6.45, 7) is 2.95. The van der Waals surface area contributed by atoms with Crippen LogP contribution in [0.3, 0.4) is 0 Å². The lowest BCUT2D eigenvalue weighted by Gasteiger charge is -2.13. The molecule has 0 saturated heterocycles. The standard InChI is InChI=1S/C24H45NO3/c1-4-5-6-7-8-9-10-11-12-13-14-15-16-17-18-19-23(26)24-27-21-22(28-24)20-25(2)3/h21,24H,4-20H2,1-3H3. The quantitative estimate of drug-likeness (QED) is 0.231. The summed E-state index contributed by atoms with van der Waals surface area (Å²) in [5.74, 6) is 0.805. The van der Waals surface area contributed by atoms with E-state index in [1.54, 1.807) is 6.26 Å². The van der Waals surface area contributed by atoms with E-state index in [1.807, 2.05) is 19.0 Å². The first kappa shape index (κ1) is 25.0. The Balaban J connectivity index is 1.81. The Hall–Kier alpha value is -1.03. The van der Waals surface area contributed by atoms with Gasteiger partial charge in [0.15, 0.2) is 0 Å². The number of Topliss-reactive ketones (excluding diaryl/α,β-unsaturated/α-hetero) is 1. The van der Waals surface area contributed by atoms with Gasteiger partial charge in [-0.25, -0.2) is 0 Å². The van der Waals surface area contributed by atoms with Gasteiger partial charge in [-0.15, -0.1) is 0 Å². The summed E-state index contributed by atoms with van der Waals surface area (Å²) in [5.41, 5.74) is 0. The number of hydrogen-bond donors (Lipinski definition) is 0. The average Bonchev–Trinajstić information content (AvgIpc) is 3.12. The van der Waals surface area contributed by atoms with Crippen LogP contribution in [0.25, 0.3) is 0 Å². The second-order valence-electron chi connectivity index (χ2n) is 8.57. The molecule has 1 rings (SSSR count). The highest BCUT2D eigenvalue weighted by atomic mass is 16.7. The molecular formula is C24H45NO3. The van der Waals surface area contributed by atoms with Crippen molar-refractivity contribution >= 4 is 5.78 Å². The molecule has 164 valence electrons. The molecule has 0 N–H and O–H groups in total. The Bertz CT molecular complexity index is 420. The predicted octanol–water partition coefficient (Wildman–Crippen LogP) is 6.59. The van der Waals surface area contributed by atoms with Gasteiger partial charge in [-0.3, -0.25) is 4.79 Å². The van der Waals surface area contributed by atoms with Crippen molar-refractivity contribution in [3.63, 3.8) is 0 Å². The van der Waals surface area contributed by atoms with E-state index in [1.165, 1.54) is 83.5 Å². The number of hydrogen-bond acceptors (Lipinski definition) is 4. The molecule has 0 aromatic heterocycles. The molecule has 0 aromatic carbocycles. The van der Waals surface area contributed by atoms with Crippen molar-refractivity contribution in [3.05, 3.63) is 12.0 Å². The van der Waals surface area contributed by atoms with Crippen LogP contribution in [0.1, 0.15) is 110 Å². The second-order valence-corrected chi connectivity index (χ2v) is 8.57. The number of nitrogens with zero attached hydrogens (tertiary/aromatic N) is 1. The molecule has 4 heteroatoms. The van der Waals surface area contributed by atoms with Gasteiger partial charge in [-0.2, -0.15) is 0 Å². The molecule has 0 amide bonds. The molecule has 1 aliphatic rings. The van der Waals surface area contributed by atoms with Gasteiger partial charge in [0.2, 0.25) is 5.78 Å². The molecule has 1 aliphatic heterocycles. The Labute approximate surface area is 174 Å². The molecule has 0 bridgehead atoms. The van der Waals surface area contributed by atoms with Crippen molar-refractivity contribution in [2.45, 2.75) is 116 Å². The van der Waals surface area contributed by atoms with Gasteiger partial charge in [0.05, 0.1) is 6.54 Å².